The summed E-state index contributed by atoms with van der Waals surface area (Å²) in [6, 6.07) is -0.604. The first-order valence-corrected chi connectivity index (χ1v) is 13.2. The molecule has 2 amide bonds. The highest BCUT2D eigenvalue weighted by atomic mass is 35.5. The van der Waals surface area contributed by atoms with E-state index in [-0.39, 0.29) is 59.8 Å². The van der Waals surface area contributed by atoms with Crippen LogP contribution < -0.4 is 10.3 Å². The van der Waals surface area contributed by atoms with E-state index in [1.165, 1.54) is 16.4 Å². The number of carboxylic acids is 1. The van der Waals surface area contributed by atoms with Crippen LogP contribution in [0.4, 0.5) is 13.2 Å². The molecule has 0 aromatic heterocycles. The number of hydrogen-bond donors (Lipinski definition) is 3. The number of hydrogen-bond acceptors (Lipinski definition) is 4. The number of nitrogens with zero attached hydrogens (tertiary/aromatic N) is 2. The lowest BCUT2D eigenvalue weighted by atomic mass is 9.77. The summed E-state index contributed by atoms with van der Waals surface area (Å²) in [7, 11) is 0. The van der Waals surface area contributed by atoms with Gasteiger partial charge in [-0.05, 0) is 24.2 Å². The Balaban J connectivity index is 1.91. The van der Waals surface area contributed by atoms with Crippen molar-refractivity contribution in [1.82, 2.24) is 4.90 Å². The molecule has 8 nitrogen and oxygen atoms in total. The number of alkyl halides is 3. The van der Waals surface area contributed by atoms with Crippen molar-refractivity contribution in [2.75, 3.05) is 13.1 Å². The third-order valence-corrected chi connectivity index (χ3v) is 7.75. The van der Waals surface area contributed by atoms with Crippen molar-refractivity contribution in [1.29, 1.82) is 0 Å². The zero-order valence-corrected chi connectivity index (χ0v) is 23.2. The second-order valence-electron chi connectivity index (χ2n) is 11.2. The molecule has 13 heteroatoms. The average Bonchev–Trinajstić information content (AvgIpc) is 3.25. The minimum atomic E-state index is -4.83. The van der Waals surface area contributed by atoms with Crippen LogP contribution in [0.15, 0.2) is 38.2 Å². The molecule has 0 saturated heterocycles. The maximum Gasteiger partial charge on any atom is 0.470 e. The predicted molar refractivity (Wildman–Crippen MR) is 135 cm³/mol. The molecular weight excluding hydrogens is 548 g/mol. The van der Waals surface area contributed by atoms with Gasteiger partial charge in [0.15, 0.2) is 5.03 Å². The number of nitrogens with one attached hydrogen (secondary N) is 1. The summed E-state index contributed by atoms with van der Waals surface area (Å²) in [5, 5.41) is 14.6. The molecule has 0 bridgehead atoms. The van der Waals surface area contributed by atoms with Crippen LogP contribution in [0.1, 0.15) is 53.4 Å². The SMILES string of the molecule is CC1CC([NH+]2N=CC(C(=O)N(CCC3=C(Cl)C(=O)[NH2+]C=C3Cl)CC(C)(C)C)=C2C(F)(F)F)CCC1C(=O)O. The largest absolute Gasteiger partial charge is 0.481 e. The third-order valence-electron chi connectivity index (χ3n) is 6.98. The number of quaternary nitrogens is 2. The summed E-state index contributed by atoms with van der Waals surface area (Å²) < 4.78 is 43.2. The van der Waals surface area contributed by atoms with Gasteiger partial charge in [-0.3, -0.25) is 14.9 Å². The fourth-order valence-corrected chi connectivity index (χ4v) is 5.79. The van der Waals surface area contributed by atoms with Gasteiger partial charge < -0.3 is 10.0 Å². The topological polar surface area (TPSA) is 108 Å². The molecule has 38 heavy (non-hydrogen) atoms. The second kappa shape index (κ2) is 11.5. The Morgan fingerprint density at radius 3 is 2.45 bits per heavy atom. The van der Waals surface area contributed by atoms with Crippen LogP contribution in [0.2, 0.25) is 0 Å². The summed E-state index contributed by atoms with van der Waals surface area (Å²) in [6.45, 7) is 7.40. The number of carboxylic acid groups (broad SMARTS) is 1. The van der Waals surface area contributed by atoms with E-state index in [1.54, 1.807) is 6.92 Å². The summed E-state index contributed by atoms with van der Waals surface area (Å²) in [6.07, 6.45) is -1.67. The van der Waals surface area contributed by atoms with Crippen LogP contribution in [0.5, 0.6) is 0 Å². The number of primary amides is 1. The molecule has 4 N–H and O–H groups in total. The van der Waals surface area contributed by atoms with Crippen LogP contribution in [0, 0.1) is 17.3 Å². The van der Waals surface area contributed by atoms with Gasteiger partial charge in [-0.1, -0.05) is 56.0 Å². The maximum atomic E-state index is 14.4. The van der Waals surface area contributed by atoms with Crippen LogP contribution >= 0.6 is 23.2 Å². The number of aliphatic carboxylic acids is 1. The summed E-state index contributed by atoms with van der Waals surface area (Å²) in [5.74, 6) is -3.17. The molecule has 0 aromatic carbocycles. The van der Waals surface area contributed by atoms with Crippen molar-refractivity contribution in [2.45, 2.75) is 65.6 Å². The first-order valence-electron chi connectivity index (χ1n) is 12.4. The van der Waals surface area contributed by atoms with Gasteiger partial charge >= 0.3 is 18.1 Å². The lowest BCUT2D eigenvalue weighted by molar-refractivity contribution is -0.902. The van der Waals surface area contributed by atoms with E-state index in [1.807, 2.05) is 20.8 Å². The highest BCUT2D eigenvalue weighted by molar-refractivity contribution is 6.43. The van der Waals surface area contributed by atoms with E-state index in [0.717, 1.165) is 6.21 Å². The van der Waals surface area contributed by atoms with Gasteiger partial charge in [0.2, 0.25) is 0 Å². The first kappa shape index (κ1) is 30.3. The van der Waals surface area contributed by atoms with Gasteiger partial charge in [-0.15, -0.1) is 0 Å². The van der Waals surface area contributed by atoms with Crippen molar-refractivity contribution < 1.29 is 43.0 Å². The van der Waals surface area contributed by atoms with Gasteiger partial charge in [0.1, 0.15) is 24.0 Å². The van der Waals surface area contributed by atoms with Crippen LogP contribution in [-0.2, 0) is 14.4 Å². The minimum Gasteiger partial charge on any atom is -0.481 e. The molecule has 4 unspecified atom stereocenters. The number of halogens is 5. The highest BCUT2D eigenvalue weighted by Crippen LogP contribution is 2.33. The molecule has 1 aliphatic carbocycles. The fourth-order valence-electron chi connectivity index (χ4n) is 5.23. The fraction of sp³-hybridized carbons (Fsp3) is 0.600. The molecule has 2 heterocycles. The van der Waals surface area contributed by atoms with Crippen molar-refractivity contribution in [3.05, 3.63) is 33.1 Å². The van der Waals surface area contributed by atoms with Crippen LogP contribution in [0.25, 0.3) is 0 Å². The Morgan fingerprint density at radius 2 is 1.89 bits per heavy atom. The van der Waals surface area contributed by atoms with Crippen molar-refractivity contribution in [3.8, 4) is 0 Å². The molecule has 0 spiro atoms. The Bertz CT molecular complexity index is 1120. The van der Waals surface area contributed by atoms with E-state index in [0.29, 0.717) is 5.57 Å². The summed E-state index contributed by atoms with van der Waals surface area (Å²) in [5.41, 5.74) is -1.73. The van der Waals surface area contributed by atoms with E-state index in [2.05, 4.69) is 5.10 Å². The molecule has 0 radical (unpaired) electrons. The summed E-state index contributed by atoms with van der Waals surface area (Å²) >= 11 is 12.3. The van der Waals surface area contributed by atoms with E-state index >= 15 is 0 Å². The monoisotopic (exact) mass is 580 g/mol. The average molecular weight is 581 g/mol. The predicted octanol–water partition coefficient (Wildman–Crippen LogP) is 2.52. The minimum absolute atomic E-state index is 0.0163. The lowest BCUT2D eigenvalue weighted by Crippen LogP contribution is -3.10. The Labute approximate surface area is 229 Å². The van der Waals surface area contributed by atoms with Crippen molar-refractivity contribution in [3.63, 3.8) is 0 Å². The molecule has 1 saturated carbocycles. The summed E-state index contributed by atoms with van der Waals surface area (Å²) in [4.78, 5) is 38.4. The standard InChI is InChI=1S/C25H31Cl2F3N4O4/c1-13-9-14(5-6-15(13)23(37)38)34-20(25(28,29)30)17(10-32-34)22(36)33(12-24(2,3)4)8-7-16-18(26)11-31-21(35)19(16)27/h10-11,13-15H,5-9,12H2,1-4H3,(H,31,35)(H,37,38)/p+2. The smallest absolute Gasteiger partial charge is 0.470 e. The normalized spacial score (nSPS) is 26.7. The molecular formula is C25H33Cl2F3N4O4+2. The first-order chi connectivity index (χ1) is 17.5. The molecule has 3 rings (SSSR count). The Hall–Kier alpha value is -2.21. The van der Waals surface area contributed by atoms with Crippen LogP contribution in [-0.4, -0.2) is 59.3 Å². The van der Waals surface area contributed by atoms with Crippen LogP contribution in [0.3, 0.4) is 0 Å². The Morgan fingerprint density at radius 1 is 1.24 bits per heavy atom. The number of rotatable bonds is 7. The molecule has 1 fully saturated rings. The van der Waals surface area contributed by atoms with E-state index < -0.39 is 52.6 Å². The highest BCUT2D eigenvalue weighted by Gasteiger charge is 2.53. The zero-order valence-electron chi connectivity index (χ0n) is 21.7. The number of carbonyl (C=O) groups is 3. The third kappa shape index (κ3) is 6.86. The maximum absolute atomic E-state index is 14.4. The number of amides is 2. The number of allylic oxidation sites excluding steroid dienone is 2. The quantitative estimate of drug-likeness (QED) is 0.430. The molecule has 210 valence electrons. The lowest BCUT2D eigenvalue weighted by Gasteiger charge is -2.33. The van der Waals surface area contributed by atoms with Gasteiger partial charge in [-0.2, -0.15) is 18.2 Å². The number of carbonyl (C=O) groups excluding carboxylic acids is 2. The van der Waals surface area contributed by atoms with Gasteiger partial charge in [0.05, 0.1) is 11.0 Å². The molecule has 3 aliphatic rings. The molecule has 0 aromatic rings. The molecule has 2 aliphatic heterocycles. The van der Waals surface area contributed by atoms with E-state index in [4.69, 9.17) is 23.2 Å². The second-order valence-corrected chi connectivity index (χ2v) is 12.0. The zero-order chi connectivity index (χ0) is 28.6. The van der Waals surface area contributed by atoms with Crippen molar-refractivity contribution >= 4 is 47.2 Å². The number of nitrogens with two attached hydrogens (primary N) is 1. The van der Waals surface area contributed by atoms with Gasteiger partial charge in [0, 0.05) is 31.5 Å². The Kier molecular flexibility index (Phi) is 9.17. The molecule has 4 atom stereocenters. The van der Waals surface area contributed by atoms with Gasteiger partial charge in [-0.25, -0.2) is 4.79 Å². The van der Waals surface area contributed by atoms with E-state index in [9.17, 15) is 32.7 Å². The van der Waals surface area contributed by atoms with Gasteiger partial charge in [0.25, 0.3) is 11.6 Å². The van der Waals surface area contributed by atoms with Crippen molar-refractivity contribution in [2.24, 2.45) is 22.4 Å².